The van der Waals surface area contributed by atoms with Gasteiger partial charge in [0, 0.05) is 16.4 Å². The van der Waals surface area contributed by atoms with E-state index in [4.69, 9.17) is 11.6 Å². The van der Waals surface area contributed by atoms with E-state index in [9.17, 15) is 4.79 Å². The first-order valence-electron chi connectivity index (χ1n) is 9.14. The van der Waals surface area contributed by atoms with Gasteiger partial charge in [0.1, 0.15) is 0 Å². The molecular weight excluding hydrogens is 346 g/mol. The van der Waals surface area contributed by atoms with Gasteiger partial charge in [0.05, 0.1) is 26.2 Å². The highest BCUT2D eigenvalue weighted by atomic mass is 35.5. The summed E-state index contributed by atoms with van der Waals surface area (Å²) in [7, 11) is 0. The van der Waals surface area contributed by atoms with Gasteiger partial charge >= 0.3 is 0 Å². The molecule has 2 aromatic carbocycles. The van der Waals surface area contributed by atoms with Crippen LogP contribution in [-0.4, -0.2) is 38.6 Å². The zero-order chi connectivity index (χ0) is 18.7. The Morgan fingerprint density at radius 2 is 1.77 bits per heavy atom. The highest BCUT2D eigenvalue weighted by Gasteiger charge is 2.23. The number of amides is 1. The molecule has 4 nitrogen and oxygen atoms in total. The third kappa shape index (κ3) is 4.57. The Bertz CT molecular complexity index is 775. The van der Waals surface area contributed by atoms with Crippen LogP contribution in [0.25, 0.3) is 0 Å². The van der Waals surface area contributed by atoms with Crippen LogP contribution in [0.1, 0.15) is 16.7 Å². The molecule has 0 unspecified atom stereocenters. The topological polar surface area (TPSA) is 36.8 Å². The monoisotopic (exact) mass is 372 g/mol. The van der Waals surface area contributed by atoms with Crippen molar-refractivity contribution in [2.75, 3.05) is 42.9 Å². The van der Waals surface area contributed by atoms with Crippen molar-refractivity contribution in [3.63, 3.8) is 0 Å². The van der Waals surface area contributed by atoms with Crippen molar-refractivity contribution in [3.8, 4) is 0 Å². The second-order valence-corrected chi connectivity index (χ2v) is 7.65. The Balaban J connectivity index is 1.54. The molecule has 1 aliphatic heterocycles. The summed E-state index contributed by atoms with van der Waals surface area (Å²) in [6, 6.07) is 12.2. The number of rotatable bonds is 4. The van der Waals surface area contributed by atoms with Crippen LogP contribution in [0.3, 0.4) is 0 Å². The number of piperazine rings is 1. The fraction of sp³-hybridized carbons (Fsp3) is 0.381. The lowest BCUT2D eigenvalue weighted by molar-refractivity contribution is -0.892. The van der Waals surface area contributed by atoms with Crippen LogP contribution >= 0.6 is 11.6 Å². The van der Waals surface area contributed by atoms with Crippen LogP contribution in [0.5, 0.6) is 0 Å². The van der Waals surface area contributed by atoms with Crippen LogP contribution in [0.4, 0.5) is 11.4 Å². The summed E-state index contributed by atoms with van der Waals surface area (Å²) < 4.78 is 0. The molecule has 1 amide bonds. The van der Waals surface area contributed by atoms with E-state index in [0.29, 0.717) is 6.54 Å². The van der Waals surface area contributed by atoms with Gasteiger partial charge in [-0.15, -0.1) is 0 Å². The van der Waals surface area contributed by atoms with Gasteiger partial charge in [0.15, 0.2) is 6.54 Å². The van der Waals surface area contributed by atoms with E-state index in [-0.39, 0.29) is 5.91 Å². The van der Waals surface area contributed by atoms with Gasteiger partial charge in [-0.3, -0.25) is 4.79 Å². The van der Waals surface area contributed by atoms with Crippen LogP contribution in [0.2, 0.25) is 5.02 Å². The quantitative estimate of drug-likeness (QED) is 0.865. The summed E-state index contributed by atoms with van der Waals surface area (Å²) in [5.74, 6) is 0.0891. The lowest BCUT2D eigenvalue weighted by Gasteiger charge is -2.33. The van der Waals surface area contributed by atoms with Crippen LogP contribution in [0, 0.1) is 20.8 Å². The molecule has 5 heteroatoms. The first kappa shape index (κ1) is 18.7. The van der Waals surface area contributed by atoms with Gasteiger partial charge < -0.3 is 15.1 Å². The fourth-order valence-corrected chi connectivity index (χ4v) is 3.90. The molecule has 0 aliphatic carbocycles. The molecule has 3 rings (SSSR count). The number of aryl methyl sites for hydroxylation is 3. The Morgan fingerprint density at radius 3 is 2.38 bits per heavy atom. The van der Waals surface area contributed by atoms with Crippen LogP contribution in [-0.2, 0) is 4.79 Å². The molecule has 1 fully saturated rings. The molecule has 2 aromatic rings. The van der Waals surface area contributed by atoms with Crippen molar-refractivity contribution in [1.29, 1.82) is 0 Å². The third-order valence-corrected chi connectivity index (χ3v) is 5.23. The summed E-state index contributed by atoms with van der Waals surface area (Å²) >= 11 is 6.09. The Labute approximate surface area is 160 Å². The highest BCUT2D eigenvalue weighted by molar-refractivity contribution is 6.30. The van der Waals surface area contributed by atoms with E-state index in [1.54, 1.807) is 0 Å². The molecule has 0 aromatic heterocycles. The number of quaternary nitrogens is 1. The normalized spacial score (nSPS) is 15.2. The third-order valence-electron chi connectivity index (χ3n) is 5.00. The first-order chi connectivity index (χ1) is 12.4. The summed E-state index contributed by atoms with van der Waals surface area (Å²) in [6.45, 7) is 10.5. The van der Waals surface area contributed by atoms with E-state index in [2.05, 4.69) is 35.3 Å². The van der Waals surface area contributed by atoms with Crippen LogP contribution in [0.15, 0.2) is 36.4 Å². The number of halogens is 1. The molecule has 2 N–H and O–H groups in total. The first-order valence-corrected chi connectivity index (χ1v) is 9.52. The Kier molecular flexibility index (Phi) is 5.84. The molecule has 0 spiro atoms. The maximum Gasteiger partial charge on any atom is 0.279 e. The minimum absolute atomic E-state index is 0.0891. The molecule has 0 atom stereocenters. The van der Waals surface area contributed by atoms with Crippen molar-refractivity contribution in [3.05, 3.63) is 58.1 Å². The van der Waals surface area contributed by atoms with Crippen molar-refractivity contribution < 1.29 is 9.69 Å². The number of hydrogen-bond donors (Lipinski definition) is 2. The maximum absolute atomic E-state index is 12.5. The van der Waals surface area contributed by atoms with E-state index >= 15 is 0 Å². The molecule has 1 aliphatic rings. The standard InChI is InChI=1S/C21H26ClN3O/c1-15-11-16(2)21(17(3)12-15)23-20(26)14-24-7-9-25(10-8-24)19-6-4-5-18(22)13-19/h4-6,11-13H,7-10,14H2,1-3H3,(H,23,26)/p+1. The molecule has 1 saturated heterocycles. The molecule has 138 valence electrons. The number of carbonyl (C=O) groups excluding carboxylic acids is 1. The number of nitrogens with zero attached hydrogens (tertiary/aromatic N) is 1. The molecule has 0 bridgehead atoms. The van der Waals surface area contributed by atoms with Gasteiger partial charge in [-0.25, -0.2) is 0 Å². The number of nitrogens with one attached hydrogen (secondary N) is 2. The lowest BCUT2D eigenvalue weighted by atomic mass is 10.1. The van der Waals surface area contributed by atoms with E-state index in [1.807, 2.05) is 32.0 Å². The van der Waals surface area contributed by atoms with E-state index in [1.165, 1.54) is 10.5 Å². The number of anilines is 2. The van der Waals surface area contributed by atoms with Crippen LogP contribution < -0.4 is 15.1 Å². The number of carbonyl (C=O) groups is 1. The highest BCUT2D eigenvalue weighted by Crippen LogP contribution is 2.22. The smallest absolute Gasteiger partial charge is 0.279 e. The Morgan fingerprint density at radius 1 is 1.12 bits per heavy atom. The fourth-order valence-electron chi connectivity index (χ4n) is 3.72. The predicted octanol–water partition coefficient (Wildman–Crippen LogP) is 2.61. The average molecular weight is 373 g/mol. The molecule has 26 heavy (non-hydrogen) atoms. The SMILES string of the molecule is Cc1cc(C)c(NC(=O)C[NH+]2CCN(c3cccc(Cl)c3)CC2)c(C)c1. The number of hydrogen-bond acceptors (Lipinski definition) is 2. The molecule has 0 saturated carbocycles. The zero-order valence-corrected chi connectivity index (χ0v) is 16.5. The van der Waals surface area contributed by atoms with Gasteiger partial charge in [0.2, 0.25) is 0 Å². The summed E-state index contributed by atoms with van der Waals surface area (Å²) in [4.78, 5) is 16.2. The summed E-state index contributed by atoms with van der Waals surface area (Å²) in [5.41, 5.74) is 5.58. The average Bonchev–Trinajstić information content (AvgIpc) is 2.59. The lowest BCUT2D eigenvalue weighted by Crippen LogP contribution is -3.15. The second-order valence-electron chi connectivity index (χ2n) is 7.22. The molecule has 0 radical (unpaired) electrons. The maximum atomic E-state index is 12.5. The molecule has 1 heterocycles. The van der Waals surface area contributed by atoms with Crippen molar-refractivity contribution in [2.24, 2.45) is 0 Å². The van der Waals surface area contributed by atoms with E-state index in [0.717, 1.165) is 53.7 Å². The van der Waals surface area contributed by atoms with Gasteiger partial charge in [-0.1, -0.05) is 35.4 Å². The van der Waals surface area contributed by atoms with Crippen molar-refractivity contribution >= 4 is 28.9 Å². The predicted molar refractivity (Wildman–Crippen MR) is 109 cm³/mol. The second kappa shape index (κ2) is 8.11. The Hall–Kier alpha value is -2.04. The van der Waals surface area contributed by atoms with Gasteiger partial charge in [-0.05, 0) is 50.1 Å². The zero-order valence-electron chi connectivity index (χ0n) is 15.7. The summed E-state index contributed by atoms with van der Waals surface area (Å²) in [5, 5.41) is 3.88. The molecular formula is C21H27ClN3O+. The largest absolute Gasteiger partial charge is 0.360 e. The van der Waals surface area contributed by atoms with Crippen molar-refractivity contribution in [1.82, 2.24) is 0 Å². The minimum atomic E-state index is 0.0891. The van der Waals surface area contributed by atoms with E-state index < -0.39 is 0 Å². The summed E-state index contributed by atoms with van der Waals surface area (Å²) in [6.07, 6.45) is 0. The van der Waals surface area contributed by atoms with Crippen molar-refractivity contribution in [2.45, 2.75) is 20.8 Å². The number of benzene rings is 2. The minimum Gasteiger partial charge on any atom is -0.360 e. The van der Waals surface area contributed by atoms with Gasteiger partial charge in [0.25, 0.3) is 5.91 Å². The van der Waals surface area contributed by atoms with Gasteiger partial charge in [-0.2, -0.15) is 0 Å².